The monoisotopic (exact) mass is 387 g/mol. The zero-order chi connectivity index (χ0) is 18.6. The van der Waals surface area contributed by atoms with E-state index in [1.807, 2.05) is 47.4 Å². The minimum atomic E-state index is -0.0586. The van der Waals surface area contributed by atoms with Gasteiger partial charge in [-0.1, -0.05) is 29.8 Å². The van der Waals surface area contributed by atoms with Crippen molar-refractivity contribution in [1.82, 2.24) is 10.2 Å². The maximum Gasteiger partial charge on any atom is 0.317 e. The molecule has 0 spiro atoms. The van der Waals surface area contributed by atoms with Crippen LogP contribution in [0.25, 0.3) is 0 Å². The molecule has 6 nitrogen and oxygen atoms in total. The fourth-order valence-corrected chi connectivity index (χ4v) is 3.52. The van der Waals surface area contributed by atoms with Crippen LogP contribution in [0.5, 0.6) is 11.5 Å². The quantitative estimate of drug-likeness (QED) is 0.879. The molecular weight excluding hydrogens is 366 g/mol. The van der Waals surface area contributed by atoms with Gasteiger partial charge in [0.1, 0.15) is 13.2 Å². The van der Waals surface area contributed by atoms with Gasteiger partial charge in [-0.25, -0.2) is 4.79 Å². The predicted octanol–water partition coefficient (Wildman–Crippen LogP) is 3.14. The van der Waals surface area contributed by atoms with Crippen molar-refractivity contribution in [2.45, 2.75) is 6.54 Å². The maximum absolute atomic E-state index is 12.4. The van der Waals surface area contributed by atoms with Gasteiger partial charge in [-0.3, -0.25) is 0 Å². The Morgan fingerprint density at radius 2 is 1.74 bits per heavy atom. The third-order valence-corrected chi connectivity index (χ3v) is 5.21. The van der Waals surface area contributed by atoms with Crippen LogP contribution in [0.3, 0.4) is 0 Å². The summed E-state index contributed by atoms with van der Waals surface area (Å²) in [6, 6.07) is 13.5. The lowest BCUT2D eigenvalue weighted by Gasteiger charge is -2.36. The van der Waals surface area contributed by atoms with Gasteiger partial charge in [0.25, 0.3) is 0 Å². The van der Waals surface area contributed by atoms with E-state index in [0.29, 0.717) is 37.9 Å². The minimum Gasteiger partial charge on any atom is -0.486 e. The summed E-state index contributed by atoms with van der Waals surface area (Å²) in [4.78, 5) is 16.5. The Balaban J connectivity index is 1.31. The molecule has 27 heavy (non-hydrogen) atoms. The molecule has 2 heterocycles. The number of halogens is 1. The highest BCUT2D eigenvalue weighted by molar-refractivity contribution is 6.31. The molecule has 0 atom stereocenters. The molecule has 142 valence electrons. The number of hydrogen-bond donors (Lipinski definition) is 1. The third kappa shape index (κ3) is 4.06. The zero-order valence-electron chi connectivity index (χ0n) is 15.0. The van der Waals surface area contributed by atoms with Gasteiger partial charge >= 0.3 is 6.03 Å². The Hall–Kier alpha value is -2.60. The highest BCUT2D eigenvalue weighted by Gasteiger charge is 2.22. The number of carbonyl (C=O) groups is 1. The Bertz CT molecular complexity index is 822. The Morgan fingerprint density at radius 1 is 1.00 bits per heavy atom. The summed E-state index contributed by atoms with van der Waals surface area (Å²) in [5.74, 6) is 1.58. The lowest BCUT2D eigenvalue weighted by atomic mass is 10.2. The normalized spacial score (nSPS) is 16.2. The zero-order valence-corrected chi connectivity index (χ0v) is 15.7. The fourth-order valence-electron chi connectivity index (χ4n) is 3.32. The summed E-state index contributed by atoms with van der Waals surface area (Å²) in [6.07, 6.45) is 0. The molecule has 1 fully saturated rings. The number of rotatable bonds is 3. The number of ether oxygens (including phenoxy) is 2. The number of fused-ring (bicyclic) bond motifs is 1. The van der Waals surface area contributed by atoms with Crippen molar-refractivity contribution in [2.75, 3.05) is 44.3 Å². The van der Waals surface area contributed by atoms with Gasteiger partial charge in [-0.15, -0.1) is 0 Å². The predicted molar refractivity (Wildman–Crippen MR) is 105 cm³/mol. The number of nitrogens with zero attached hydrogens (tertiary/aromatic N) is 2. The van der Waals surface area contributed by atoms with E-state index in [9.17, 15) is 4.79 Å². The highest BCUT2D eigenvalue weighted by Crippen LogP contribution is 2.34. The van der Waals surface area contributed by atoms with E-state index in [2.05, 4.69) is 10.2 Å². The maximum atomic E-state index is 12.4. The molecule has 0 radical (unpaired) electrons. The molecule has 0 bridgehead atoms. The van der Waals surface area contributed by atoms with Crippen molar-refractivity contribution >= 4 is 23.3 Å². The van der Waals surface area contributed by atoms with Gasteiger partial charge < -0.3 is 24.6 Å². The molecule has 2 aromatic rings. The van der Waals surface area contributed by atoms with Gasteiger partial charge in [0, 0.05) is 49.5 Å². The fraction of sp³-hybridized carbons (Fsp3) is 0.350. The van der Waals surface area contributed by atoms with Gasteiger partial charge in [0.2, 0.25) is 0 Å². The number of nitrogens with one attached hydrogen (secondary N) is 1. The van der Waals surface area contributed by atoms with Gasteiger partial charge in [-0.05, 0) is 23.8 Å². The lowest BCUT2D eigenvalue weighted by molar-refractivity contribution is 0.171. The van der Waals surface area contributed by atoms with Crippen LogP contribution in [-0.4, -0.2) is 50.3 Å². The summed E-state index contributed by atoms with van der Waals surface area (Å²) in [6.45, 7) is 4.49. The van der Waals surface area contributed by atoms with Crippen LogP contribution in [0.1, 0.15) is 5.56 Å². The first-order chi connectivity index (χ1) is 13.2. The van der Waals surface area contributed by atoms with Gasteiger partial charge in [0.15, 0.2) is 11.5 Å². The number of carbonyl (C=O) groups excluding carboxylic acids is 1. The molecule has 0 aliphatic carbocycles. The van der Waals surface area contributed by atoms with Crippen molar-refractivity contribution in [1.29, 1.82) is 0 Å². The first kappa shape index (κ1) is 17.8. The number of anilines is 1. The molecule has 2 aliphatic rings. The SMILES string of the molecule is O=C(NCc1ccccc1Cl)N1CCN(c2ccc3c(c2)OCCO3)CC1. The number of piperazine rings is 1. The summed E-state index contributed by atoms with van der Waals surface area (Å²) < 4.78 is 11.2. The molecule has 2 amide bonds. The number of amides is 2. The van der Waals surface area contributed by atoms with Crippen LogP contribution in [0.2, 0.25) is 5.02 Å². The third-order valence-electron chi connectivity index (χ3n) is 4.85. The molecule has 1 N–H and O–H groups in total. The average molecular weight is 388 g/mol. The smallest absolute Gasteiger partial charge is 0.317 e. The molecule has 2 aliphatic heterocycles. The van der Waals surface area contributed by atoms with E-state index in [1.165, 1.54) is 0 Å². The van der Waals surface area contributed by atoms with Gasteiger partial charge in [-0.2, -0.15) is 0 Å². The first-order valence-corrected chi connectivity index (χ1v) is 9.49. The molecule has 0 unspecified atom stereocenters. The topological polar surface area (TPSA) is 54.0 Å². The first-order valence-electron chi connectivity index (χ1n) is 9.11. The second kappa shape index (κ2) is 7.96. The molecule has 0 saturated carbocycles. The second-order valence-electron chi connectivity index (χ2n) is 6.55. The van der Waals surface area contributed by atoms with E-state index < -0.39 is 0 Å². The largest absolute Gasteiger partial charge is 0.486 e. The van der Waals surface area contributed by atoms with Crippen molar-refractivity contribution in [3.05, 3.63) is 53.1 Å². The minimum absolute atomic E-state index is 0.0586. The van der Waals surface area contributed by atoms with Crippen molar-refractivity contribution in [2.24, 2.45) is 0 Å². The molecule has 0 aromatic heterocycles. The number of hydrogen-bond acceptors (Lipinski definition) is 4. The second-order valence-corrected chi connectivity index (χ2v) is 6.96. The van der Waals surface area contributed by atoms with Crippen LogP contribution in [0.4, 0.5) is 10.5 Å². The van der Waals surface area contributed by atoms with E-state index >= 15 is 0 Å². The van der Waals surface area contributed by atoms with Crippen molar-refractivity contribution in [3.63, 3.8) is 0 Å². The standard InChI is InChI=1S/C20H22ClN3O3/c21-17-4-2-1-3-15(17)14-22-20(25)24-9-7-23(8-10-24)16-5-6-18-19(13-16)27-12-11-26-18/h1-6,13H,7-12,14H2,(H,22,25). The van der Waals surface area contributed by atoms with Crippen molar-refractivity contribution < 1.29 is 14.3 Å². The van der Waals surface area contributed by atoms with E-state index in [0.717, 1.165) is 35.8 Å². The molecular formula is C20H22ClN3O3. The van der Waals surface area contributed by atoms with Crippen LogP contribution in [0, 0.1) is 0 Å². The Morgan fingerprint density at radius 3 is 2.52 bits per heavy atom. The molecule has 2 aromatic carbocycles. The Labute approximate surface area is 163 Å². The molecule has 4 rings (SSSR count). The molecule has 1 saturated heterocycles. The summed E-state index contributed by atoms with van der Waals surface area (Å²) in [5.41, 5.74) is 2.01. The van der Waals surface area contributed by atoms with Gasteiger partial charge in [0.05, 0.1) is 0 Å². The summed E-state index contributed by atoms with van der Waals surface area (Å²) >= 11 is 6.14. The van der Waals surface area contributed by atoms with Crippen LogP contribution >= 0.6 is 11.6 Å². The number of benzene rings is 2. The van der Waals surface area contributed by atoms with E-state index in [1.54, 1.807) is 0 Å². The summed E-state index contributed by atoms with van der Waals surface area (Å²) in [7, 11) is 0. The summed E-state index contributed by atoms with van der Waals surface area (Å²) in [5, 5.41) is 3.62. The van der Waals surface area contributed by atoms with Crippen LogP contribution < -0.4 is 19.7 Å². The average Bonchev–Trinajstić information content (AvgIpc) is 2.73. The lowest BCUT2D eigenvalue weighted by Crippen LogP contribution is -2.51. The highest BCUT2D eigenvalue weighted by atomic mass is 35.5. The Kier molecular flexibility index (Phi) is 5.25. The number of urea groups is 1. The van der Waals surface area contributed by atoms with E-state index in [-0.39, 0.29) is 6.03 Å². The van der Waals surface area contributed by atoms with Crippen molar-refractivity contribution in [3.8, 4) is 11.5 Å². The molecule has 7 heteroatoms. The van der Waals surface area contributed by atoms with Crippen LogP contribution in [0.15, 0.2) is 42.5 Å². The van der Waals surface area contributed by atoms with Crippen LogP contribution in [-0.2, 0) is 6.54 Å². The van der Waals surface area contributed by atoms with E-state index in [4.69, 9.17) is 21.1 Å².